The van der Waals surface area contributed by atoms with Crippen molar-refractivity contribution in [1.29, 1.82) is 0 Å². The molecule has 0 radical (unpaired) electrons. The highest BCUT2D eigenvalue weighted by atomic mass is 19.4. The first-order chi connectivity index (χ1) is 9.79. The van der Waals surface area contributed by atoms with Gasteiger partial charge in [-0.2, -0.15) is 13.2 Å². The van der Waals surface area contributed by atoms with Gasteiger partial charge in [-0.05, 0) is 37.6 Å². The summed E-state index contributed by atoms with van der Waals surface area (Å²) in [6, 6.07) is 4.89. The van der Waals surface area contributed by atoms with Gasteiger partial charge in [0.2, 0.25) is 0 Å². The van der Waals surface area contributed by atoms with Crippen molar-refractivity contribution in [2.24, 2.45) is 0 Å². The molecule has 0 amide bonds. The molecule has 0 aliphatic rings. The maximum Gasteiger partial charge on any atom is 0.409 e. The van der Waals surface area contributed by atoms with Gasteiger partial charge in [0.15, 0.2) is 0 Å². The van der Waals surface area contributed by atoms with E-state index in [9.17, 15) is 13.2 Å². The lowest BCUT2D eigenvalue weighted by molar-refractivity contribution is -0.147. The lowest BCUT2D eigenvalue weighted by Gasteiger charge is -2.34. The molecule has 2 nitrogen and oxygen atoms in total. The Kier molecular flexibility index (Phi) is 5.88. The van der Waals surface area contributed by atoms with Crippen LogP contribution in [0, 0.1) is 0 Å². The van der Waals surface area contributed by atoms with Crippen LogP contribution < -0.4 is 9.64 Å². The zero-order chi connectivity index (χ0) is 16.0. The van der Waals surface area contributed by atoms with Crippen LogP contribution >= 0.6 is 0 Å². The Balaban J connectivity index is 3.17. The number of anilines is 1. The summed E-state index contributed by atoms with van der Waals surface area (Å²) in [5.41, 5.74) is 1.13. The van der Waals surface area contributed by atoms with Crippen molar-refractivity contribution < 1.29 is 17.9 Å². The molecular formula is C16H20F3NO. The summed E-state index contributed by atoms with van der Waals surface area (Å²) in [4.78, 5) is 1.30. The minimum absolute atomic E-state index is 0.129. The highest BCUT2D eigenvalue weighted by Gasteiger charge is 2.42. The second-order valence-electron chi connectivity index (χ2n) is 4.86. The Morgan fingerprint density at radius 2 is 1.90 bits per heavy atom. The van der Waals surface area contributed by atoms with Crippen LogP contribution in [0.25, 0.3) is 0 Å². The third-order valence-corrected chi connectivity index (χ3v) is 2.99. The molecule has 1 aromatic carbocycles. The van der Waals surface area contributed by atoms with Gasteiger partial charge in [-0.3, -0.25) is 0 Å². The molecule has 0 saturated carbocycles. The summed E-state index contributed by atoms with van der Waals surface area (Å²) in [7, 11) is 1.51. The molecule has 0 saturated heterocycles. The Morgan fingerprint density at radius 3 is 2.29 bits per heavy atom. The fourth-order valence-corrected chi connectivity index (χ4v) is 2.04. The number of hydrogen-bond donors (Lipinski definition) is 0. The molecule has 0 aromatic heterocycles. The molecule has 0 fully saturated rings. The van der Waals surface area contributed by atoms with Crippen LogP contribution in [0.2, 0.25) is 0 Å². The molecule has 1 unspecified atom stereocenters. The van der Waals surface area contributed by atoms with Gasteiger partial charge in [0, 0.05) is 12.2 Å². The Hall–Kier alpha value is -1.91. The molecule has 0 bridgehead atoms. The molecule has 5 heteroatoms. The van der Waals surface area contributed by atoms with Crippen molar-refractivity contribution in [2.75, 3.05) is 18.6 Å². The van der Waals surface area contributed by atoms with Gasteiger partial charge < -0.3 is 9.64 Å². The summed E-state index contributed by atoms with van der Waals surface area (Å²) in [6.07, 6.45) is -3.24. The number of halogens is 3. The standard InChI is InChI=1S/C16H20F3NO/c1-5-6-15(16(17,18)19)20(11-12(2)3)13-7-9-14(21-4)10-8-13/h5,7-10,15H,1-2,6,11H2,3-4H3. The van der Waals surface area contributed by atoms with E-state index in [1.54, 1.807) is 31.2 Å². The SMILES string of the molecule is C=CCC(N(CC(=C)C)c1ccc(OC)cc1)C(F)(F)F. The summed E-state index contributed by atoms with van der Waals surface area (Å²) in [6.45, 7) is 8.98. The van der Waals surface area contributed by atoms with Crippen molar-refractivity contribution >= 4 is 5.69 Å². The third-order valence-electron chi connectivity index (χ3n) is 2.99. The Labute approximate surface area is 123 Å². The first-order valence-electron chi connectivity index (χ1n) is 6.52. The highest BCUT2D eigenvalue weighted by molar-refractivity contribution is 5.51. The monoisotopic (exact) mass is 299 g/mol. The first kappa shape index (κ1) is 17.1. The van der Waals surface area contributed by atoms with E-state index in [4.69, 9.17) is 4.74 Å². The van der Waals surface area contributed by atoms with E-state index in [-0.39, 0.29) is 13.0 Å². The topological polar surface area (TPSA) is 12.5 Å². The summed E-state index contributed by atoms with van der Waals surface area (Å²) < 4.78 is 44.9. The predicted molar refractivity (Wildman–Crippen MR) is 79.8 cm³/mol. The van der Waals surface area contributed by atoms with E-state index in [1.165, 1.54) is 18.1 Å². The maximum absolute atomic E-state index is 13.3. The number of ether oxygens (including phenoxy) is 1. The molecule has 0 N–H and O–H groups in total. The van der Waals surface area contributed by atoms with Crippen LogP contribution in [0.3, 0.4) is 0 Å². The molecule has 0 aliphatic heterocycles. The van der Waals surface area contributed by atoms with Crippen LogP contribution in [0.1, 0.15) is 13.3 Å². The zero-order valence-electron chi connectivity index (χ0n) is 12.3. The van der Waals surface area contributed by atoms with Gasteiger partial charge in [0.1, 0.15) is 11.8 Å². The van der Waals surface area contributed by atoms with Crippen molar-refractivity contribution in [2.45, 2.75) is 25.6 Å². The molecule has 116 valence electrons. The predicted octanol–water partition coefficient (Wildman–Crippen LogP) is 4.58. The molecule has 21 heavy (non-hydrogen) atoms. The number of alkyl halides is 3. The summed E-state index contributed by atoms with van der Waals surface area (Å²) in [5, 5.41) is 0. The Morgan fingerprint density at radius 1 is 1.33 bits per heavy atom. The average molecular weight is 299 g/mol. The minimum atomic E-state index is -4.34. The number of methoxy groups -OCH3 is 1. The third kappa shape index (κ3) is 4.85. The lowest BCUT2D eigenvalue weighted by atomic mass is 10.1. The van der Waals surface area contributed by atoms with Gasteiger partial charge >= 0.3 is 6.18 Å². The van der Waals surface area contributed by atoms with Crippen molar-refractivity contribution in [3.05, 3.63) is 49.1 Å². The molecular weight excluding hydrogens is 279 g/mol. The molecule has 0 heterocycles. The number of nitrogens with zero attached hydrogens (tertiary/aromatic N) is 1. The van der Waals surface area contributed by atoms with Crippen molar-refractivity contribution in [1.82, 2.24) is 0 Å². The number of hydrogen-bond acceptors (Lipinski definition) is 2. The first-order valence-corrected chi connectivity index (χ1v) is 6.52. The normalized spacial score (nSPS) is 12.6. The van der Waals surface area contributed by atoms with Crippen LogP contribution in [-0.4, -0.2) is 25.9 Å². The number of rotatable bonds is 7. The van der Waals surface area contributed by atoms with E-state index in [0.717, 1.165) is 0 Å². The second kappa shape index (κ2) is 7.20. The highest BCUT2D eigenvalue weighted by Crippen LogP contribution is 2.32. The van der Waals surface area contributed by atoms with Gasteiger partial charge in [-0.15, -0.1) is 6.58 Å². The second-order valence-corrected chi connectivity index (χ2v) is 4.86. The van der Waals surface area contributed by atoms with E-state index in [0.29, 0.717) is 17.0 Å². The van der Waals surface area contributed by atoms with Crippen molar-refractivity contribution in [3.63, 3.8) is 0 Å². The molecule has 0 aliphatic carbocycles. The van der Waals surface area contributed by atoms with Gasteiger partial charge in [0.05, 0.1) is 7.11 Å². The largest absolute Gasteiger partial charge is 0.497 e. The average Bonchev–Trinajstić information content (AvgIpc) is 2.41. The van der Waals surface area contributed by atoms with Crippen LogP contribution in [0.15, 0.2) is 49.1 Å². The zero-order valence-corrected chi connectivity index (χ0v) is 12.3. The van der Waals surface area contributed by atoms with E-state index < -0.39 is 12.2 Å². The van der Waals surface area contributed by atoms with E-state index >= 15 is 0 Å². The summed E-state index contributed by atoms with van der Waals surface area (Å²) >= 11 is 0. The minimum Gasteiger partial charge on any atom is -0.497 e. The fourth-order valence-electron chi connectivity index (χ4n) is 2.04. The fraction of sp³-hybridized carbons (Fsp3) is 0.375. The molecule has 1 atom stereocenters. The molecule has 1 rings (SSSR count). The van der Waals surface area contributed by atoms with Crippen molar-refractivity contribution in [3.8, 4) is 5.75 Å². The maximum atomic E-state index is 13.3. The summed E-state index contributed by atoms with van der Waals surface area (Å²) in [5.74, 6) is 0.598. The molecule has 1 aromatic rings. The molecule has 0 spiro atoms. The van der Waals surface area contributed by atoms with Crippen LogP contribution in [-0.2, 0) is 0 Å². The van der Waals surface area contributed by atoms with Gasteiger partial charge in [-0.25, -0.2) is 0 Å². The van der Waals surface area contributed by atoms with Crippen LogP contribution in [0.4, 0.5) is 18.9 Å². The lowest BCUT2D eigenvalue weighted by Crippen LogP contribution is -2.46. The smallest absolute Gasteiger partial charge is 0.409 e. The van der Waals surface area contributed by atoms with Gasteiger partial charge in [-0.1, -0.05) is 18.2 Å². The Bertz CT molecular complexity index is 479. The van der Waals surface area contributed by atoms with Crippen LogP contribution in [0.5, 0.6) is 5.75 Å². The van der Waals surface area contributed by atoms with Gasteiger partial charge in [0.25, 0.3) is 0 Å². The van der Waals surface area contributed by atoms with E-state index in [1.807, 2.05) is 0 Å². The number of benzene rings is 1. The quantitative estimate of drug-likeness (QED) is 0.683. The van der Waals surface area contributed by atoms with E-state index in [2.05, 4.69) is 13.2 Å².